The molecule has 0 atom stereocenters. The van der Waals surface area contributed by atoms with Gasteiger partial charge in [0.25, 0.3) is 0 Å². The minimum atomic E-state index is -0.360. The van der Waals surface area contributed by atoms with Crippen LogP contribution in [0.25, 0.3) is 0 Å². The number of hydrogen-bond acceptors (Lipinski definition) is 3. The molecule has 0 fully saturated rings. The zero-order chi connectivity index (χ0) is 12.7. The van der Waals surface area contributed by atoms with Crippen molar-refractivity contribution in [3.05, 3.63) is 28.5 Å². The highest BCUT2D eigenvalue weighted by molar-refractivity contribution is 9.10. The second kappa shape index (κ2) is 9.27. The summed E-state index contributed by atoms with van der Waals surface area (Å²) in [6.45, 7) is 1.35. The summed E-state index contributed by atoms with van der Waals surface area (Å²) < 4.78 is 18.1. The number of nitrogens with one attached hydrogen (secondary N) is 2. The first kappa shape index (κ1) is 17.3. The van der Waals surface area contributed by atoms with Crippen molar-refractivity contribution in [1.82, 2.24) is 5.32 Å². The number of anilines is 1. The fraction of sp³-hybridized carbons (Fsp3) is 0.364. The van der Waals surface area contributed by atoms with Crippen molar-refractivity contribution in [3.8, 4) is 0 Å². The molecule has 1 aromatic rings. The van der Waals surface area contributed by atoms with Gasteiger partial charge in [0, 0.05) is 19.3 Å². The number of benzene rings is 1. The number of amides is 1. The lowest BCUT2D eigenvalue weighted by atomic mass is 10.3. The molecule has 0 aliphatic carbocycles. The van der Waals surface area contributed by atoms with Gasteiger partial charge in [-0.3, -0.25) is 4.79 Å². The van der Waals surface area contributed by atoms with Gasteiger partial charge in [0.2, 0.25) is 5.91 Å². The van der Waals surface area contributed by atoms with E-state index >= 15 is 0 Å². The fourth-order valence-corrected chi connectivity index (χ4v) is 1.53. The van der Waals surface area contributed by atoms with E-state index in [1.165, 1.54) is 18.2 Å². The predicted octanol–water partition coefficient (Wildman–Crippen LogP) is 2.18. The number of rotatable bonds is 6. The van der Waals surface area contributed by atoms with Crippen LogP contribution in [0.5, 0.6) is 0 Å². The van der Waals surface area contributed by atoms with Gasteiger partial charge in [0.15, 0.2) is 0 Å². The van der Waals surface area contributed by atoms with Crippen LogP contribution >= 0.6 is 28.3 Å². The summed E-state index contributed by atoms with van der Waals surface area (Å²) in [4.78, 5) is 11.4. The minimum absolute atomic E-state index is 0. The van der Waals surface area contributed by atoms with E-state index < -0.39 is 0 Å². The number of ether oxygens (including phenoxy) is 1. The Bertz CT molecular complexity index is 393. The lowest BCUT2D eigenvalue weighted by Crippen LogP contribution is -2.30. The van der Waals surface area contributed by atoms with E-state index in [4.69, 9.17) is 4.74 Å². The van der Waals surface area contributed by atoms with Gasteiger partial charge in [0.05, 0.1) is 17.6 Å². The molecule has 1 rings (SSSR count). The molecule has 7 heteroatoms. The summed E-state index contributed by atoms with van der Waals surface area (Å²) in [5.41, 5.74) is 0.553. The number of carbonyl (C=O) groups is 1. The van der Waals surface area contributed by atoms with Crippen LogP contribution in [-0.2, 0) is 9.53 Å². The first-order valence-corrected chi connectivity index (χ1v) is 5.87. The van der Waals surface area contributed by atoms with Crippen molar-refractivity contribution in [1.29, 1.82) is 0 Å². The molecule has 0 aromatic heterocycles. The number of halogens is 3. The fourth-order valence-electron chi connectivity index (χ4n) is 1.16. The molecule has 0 spiro atoms. The highest BCUT2D eigenvalue weighted by Gasteiger charge is 2.04. The van der Waals surface area contributed by atoms with Crippen LogP contribution in [-0.4, -0.2) is 32.7 Å². The third-order valence-corrected chi connectivity index (χ3v) is 2.58. The first-order chi connectivity index (χ1) is 8.13. The zero-order valence-electron chi connectivity index (χ0n) is 9.83. The maximum atomic E-state index is 12.9. The largest absolute Gasteiger partial charge is 0.383 e. The highest BCUT2D eigenvalue weighted by atomic mass is 79.9. The molecule has 0 aliphatic heterocycles. The summed E-state index contributed by atoms with van der Waals surface area (Å²) in [7, 11) is 1.60. The molecule has 0 aliphatic rings. The van der Waals surface area contributed by atoms with E-state index in [9.17, 15) is 9.18 Å². The summed E-state index contributed by atoms with van der Waals surface area (Å²) in [6, 6.07) is 4.31. The third-order valence-electron chi connectivity index (χ3n) is 1.97. The number of hydrogen-bond donors (Lipinski definition) is 2. The summed E-state index contributed by atoms with van der Waals surface area (Å²) >= 11 is 3.05. The Morgan fingerprint density at radius 2 is 2.22 bits per heavy atom. The average Bonchev–Trinajstić information content (AvgIpc) is 2.30. The molecule has 0 radical (unpaired) electrons. The van der Waals surface area contributed by atoms with Crippen LogP contribution in [0.15, 0.2) is 22.7 Å². The van der Waals surface area contributed by atoms with Gasteiger partial charge in [-0.25, -0.2) is 4.39 Å². The topological polar surface area (TPSA) is 50.4 Å². The molecular formula is C11H15BrClFN2O2. The normalized spacial score (nSPS) is 9.72. The molecular weight excluding hydrogens is 326 g/mol. The summed E-state index contributed by atoms with van der Waals surface area (Å²) in [6.07, 6.45) is 0. The van der Waals surface area contributed by atoms with Gasteiger partial charge in [-0.05, 0) is 34.1 Å². The standard InChI is InChI=1S/C11H14BrFN2O2.ClH/c1-17-5-4-14-7-11(16)15-8-2-3-10(13)9(12)6-8;/h2-3,6,14H,4-5,7H2,1H3,(H,15,16);1H. The lowest BCUT2D eigenvalue weighted by Gasteiger charge is -2.07. The number of carbonyl (C=O) groups excluding carboxylic acids is 1. The molecule has 4 nitrogen and oxygen atoms in total. The zero-order valence-corrected chi connectivity index (χ0v) is 12.2. The monoisotopic (exact) mass is 340 g/mol. The summed E-state index contributed by atoms with van der Waals surface area (Å²) in [5, 5.41) is 5.56. The van der Waals surface area contributed by atoms with Crippen LogP contribution in [0, 0.1) is 5.82 Å². The van der Waals surface area contributed by atoms with Crippen LogP contribution in [0.4, 0.5) is 10.1 Å². The van der Waals surface area contributed by atoms with Crippen molar-refractivity contribution >= 4 is 39.9 Å². The van der Waals surface area contributed by atoms with Gasteiger partial charge in [-0.2, -0.15) is 0 Å². The van der Waals surface area contributed by atoms with Crippen molar-refractivity contribution in [2.24, 2.45) is 0 Å². The average molecular weight is 342 g/mol. The third kappa shape index (κ3) is 6.30. The predicted molar refractivity (Wildman–Crippen MR) is 74.7 cm³/mol. The van der Waals surface area contributed by atoms with Crippen LogP contribution in [0.1, 0.15) is 0 Å². The van der Waals surface area contributed by atoms with Gasteiger partial charge in [-0.15, -0.1) is 12.4 Å². The van der Waals surface area contributed by atoms with Gasteiger partial charge in [-0.1, -0.05) is 0 Å². The molecule has 0 saturated carbocycles. The minimum Gasteiger partial charge on any atom is -0.383 e. The van der Waals surface area contributed by atoms with E-state index in [1.807, 2.05) is 0 Å². The van der Waals surface area contributed by atoms with Crippen molar-refractivity contribution in [3.63, 3.8) is 0 Å². The van der Waals surface area contributed by atoms with Gasteiger partial charge >= 0.3 is 0 Å². The maximum absolute atomic E-state index is 12.9. The molecule has 102 valence electrons. The van der Waals surface area contributed by atoms with Gasteiger partial charge < -0.3 is 15.4 Å². The Hall–Kier alpha value is -0.690. The van der Waals surface area contributed by atoms with Crippen LogP contribution in [0.3, 0.4) is 0 Å². The Balaban J connectivity index is 0.00000289. The Labute approximate surface area is 120 Å². The molecule has 1 amide bonds. The molecule has 0 unspecified atom stereocenters. The Morgan fingerprint density at radius 1 is 1.50 bits per heavy atom. The molecule has 0 bridgehead atoms. The molecule has 0 saturated heterocycles. The molecule has 1 aromatic carbocycles. The van der Waals surface area contributed by atoms with Crippen LogP contribution < -0.4 is 10.6 Å². The molecule has 2 N–H and O–H groups in total. The van der Waals surface area contributed by atoms with Crippen molar-refractivity contribution in [2.75, 3.05) is 32.1 Å². The Morgan fingerprint density at radius 3 is 2.83 bits per heavy atom. The molecule has 0 heterocycles. The van der Waals surface area contributed by atoms with Gasteiger partial charge in [0.1, 0.15) is 5.82 Å². The maximum Gasteiger partial charge on any atom is 0.238 e. The quantitative estimate of drug-likeness (QED) is 0.780. The highest BCUT2D eigenvalue weighted by Crippen LogP contribution is 2.19. The van der Waals surface area contributed by atoms with E-state index in [0.717, 1.165) is 0 Å². The smallest absolute Gasteiger partial charge is 0.238 e. The molecule has 18 heavy (non-hydrogen) atoms. The van der Waals surface area contributed by atoms with E-state index in [0.29, 0.717) is 23.3 Å². The van der Waals surface area contributed by atoms with E-state index in [2.05, 4.69) is 26.6 Å². The first-order valence-electron chi connectivity index (χ1n) is 5.08. The second-order valence-corrected chi connectivity index (χ2v) is 4.20. The van der Waals surface area contributed by atoms with Crippen LogP contribution in [0.2, 0.25) is 0 Å². The Kier molecular flexibility index (Phi) is 8.91. The van der Waals surface area contributed by atoms with E-state index in [-0.39, 0.29) is 30.7 Å². The van der Waals surface area contributed by atoms with Crippen molar-refractivity contribution < 1.29 is 13.9 Å². The second-order valence-electron chi connectivity index (χ2n) is 3.35. The SMILES string of the molecule is COCCNCC(=O)Nc1ccc(F)c(Br)c1.Cl. The lowest BCUT2D eigenvalue weighted by molar-refractivity contribution is -0.115. The number of methoxy groups -OCH3 is 1. The summed E-state index contributed by atoms with van der Waals surface area (Å²) in [5.74, 6) is -0.541. The van der Waals surface area contributed by atoms with E-state index in [1.54, 1.807) is 7.11 Å². The van der Waals surface area contributed by atoms with Crippen molar-refractivity contribution in [2.45, 2.75) is 0 Å².